The Kier molecular flexibility index (Phi) is 7.68. The van der Waals surface area contributed by atoms with E-state index in [2.05, 4.69) is 5.32 Å². The second-order valence-corrected chi connectivity index (χ2v) is 5.93. The number of benzene rings is 2. The van der Waals surface area contributed by atoms with E-state index in [1.807, 2.05) is 13.0 Å². The average molecular weight is 387 g/mol. The van der Waals surface area contributed by atoms with E-state index in [-0.39, 0.29) is 0 Å². The molecule has 28 heavy (non-hydrogen) atoms. The highest BCUT2D eigenvalue weighted by Crippen LogP contribution is 2.24. The monoisotopic (exact) mass is 387 g/mol. The third kappa shape index (κ3) is 5.90. The van der Waals surface area contributed by atoms with Gasteiger partial charge in [0, 0.05) is 0 Å². The first-order valence-electron chi connectivity index (χ1n) is 8.98. The minimum atomic E-state index is -0.996. The molecule has 0 aliphatic carbocycles. The molecule has 1 amide bonds. The Bertz CT molecular complexity index is 790. The maximum absolute atomic E-state index is 12.4. The summed E-state index contributed by atoms with van der Waals surface area (Å²) in [5, 5.41) is 2.71. The number of amides is 1. The summed E-state index contributed by atoms with van der Waals surface area (Å²) in [7, 11) is 1.56. The number of ether oxygens (including phenoxy) is 4. The topological polar surface area (TPSA) is 83.1 Å². The van der Waals surface area contributed by atoms with Crippen molar-refractivity contribution in [1.29, 1.82) is 0 Å². The number of esters is 1. The van der Waals surface area contributed by atoms with Gasteiger partial charge in [-0.05, 0) is 57.2 Å². The molecule has 1 N–H and O–H groups in total. The number of nitrogens with one attached hydrogen (secondary N) is 1. The molecule has 2 aromatic carbocycles. The first kappa shape index (κ1) is 21.1. The standard InChI is InChI=1S/C21H25NO6/c1-5-26-19-9-7-6-8-18(19)22-20(23)14(2)28-21(24)15(3)27-17-12-10-16(25-4)11-13-17/h6-15H,5H2,1-4H3,(H,22,23). The maximum atomic E-state index is 12.4. The number of carbonyl (C=O) groups is 2. The van der Waals surface area contributed by atoms with Crippen LogP contribution in [0.2, 0.25) is 0 Å². The maximum Gasteiger partial charge on any atom is 0.347 e. The van der Waals surface area contributed by atoms with Crippen LogP contribution in [-0.4, -0.2) is 37.8 Å². The second-order valence-electron chi connectivity index (χ2n) is 5.93. The van der Waals surface area contributed by atoms with Crippen LogP contribution in [0, 0.1) is 0 Å². The molecule has 0 radical (unpaired) electrons. The van der Waals surface area contributed by atoms with Crippen LogP contribution in [0.5, 0.6) is 17.2 Å². The average Bonchev–Trinajstić information content (AvgIpc) is 2.70. The largest absolute Gasteiger partial charge is 0.497 e. The number of para-hydroxylation sites is 2. The Morgan fingerprint density at radius 3 is 2.25 bits per heavy atom. The van der Waals surface area contributed by atoms with E-state index in [1.54, 1.807) is 56.5 Å². The lowest BCUT2D eigenvalue weighted by atomic mass is 10.2. The number of methoxy groups -OCH3 is 1. The van der Waals surface area contributed by atoms with Gasteiger partial charge >= 0.3 is 5.97 Å². The molecule has 2 atom stereocenters. The fourth-order valence-corrected chi connectivity index (χ4v) is 2.32. The van der Waals surface area contributed by atoms with E-state index in [4.69, 9.17) is 18.9 Å². The Morgan fingerprint density at radius 1 is 0.964 bits per heavy atom. The zero-order valence-corrected chi connectivity index (χ0v) is 16.4. The molecule has 0 aliphatic rings. The highest BCUT2D eigenvalue weighted by atomic mass is 16.6. The van der Waals surface area contributed by atoms with E-state index >= 15 is 0 Å². The van der Waals surface area contributed by atoms with Gasteiger partial charge in [-0.2, -0.15) is 0 Å². The van der Waals surface area contributed by atoms with Crippen molar-refractivity contribution in [2.75, 3.05) is 19.0 Å². The number of hydrogen-bond donors (Lipinski definition) is 1. The summed E-state index contributed by atoms with van der Waals surface area (Å²) < 4.78 is 21.3. The lowest BCUT2D eigenvalue weighted by Crippen LogP contribution is -2.35. The Balaban J connectivity index is 1.90. The van der Waals surface area contributed by atoms with Crippen LogP contribution in [0.25, 0.3) is 0 Å². The molecule has 7 heteroatoms. The van der Waals surface area contributed by atoms with E-state index in [0.717, 1.165) is 0 Å². The van der Waals surface area contributed by atoms with Crippen molar-refractivity contribution in [3.63, 3.8) is 0 Å². The van der Waals surface area contributed by atoms with Gasteiger partial charge in [0.2, 0.25) is 0 Å². The minimum absolute atomic E-state index is 0.461. The summed E-state index contributed by atoms with van der Waals surface area (Å²) >= 11 is 0. The lowest BCUT2D eigenvalue weighted by molar-refractivity contribution is -0.159. The van der Waals surface area contributed by atoms with Crippen LogP contribution in [0.3, 0.4) is 0 Å². The predicted octanol–water partition coefficient (Wildman–Crippen LogP) is 3.43. The SMILES string of the molecule is CCOc1ccccc1NC(=O)C(C)OC(=O)C(C)Oc1ccc(OC)cc1. The zero-order chi connectivity index (χ0) is 20.5. The summed E-state index contributed by atoms with van der Waals surface area (Å²) in [6, 6.07) is 13.9. The Morgan fingerprint density at radius 2 is 1.61 bits per heavy atom. The normalized spacial score (nSPS) is 12.4. The van der Waals surface area contributed by atoms with Gasteiger partial charge in [0.1, 0.15) is 17.2 Å². The Labute approximate surface area is 164 Å². The van der Waals surface area contributed by atoms with Gasteiger partial charge < -0.3 is 24.3 Å². The van der Waals surface area contributed by atoms with E-state index in [1.165, 1.54) is 6.92 Å². The van der Waals surface area contributed by atoms with Crippen molar-refractivity contribution < 1.29 is 28.5 Å². The molecule has 2 unspecified atom stereocenters. The first-order valence-corrected chi connectivity index (χ1v) is 8.98. The quantitative estimate of drug-likeness (QED) is 0.664. The predicted molar refractivity (Wildman–Crippen MR) is 105 cm³/mol. The molecule has 2 aromatic rings. The van der Waals surface area contributed by atoms with Crippen molar-refractivity contribution in [2.24, 2.45) is 0 Å². The van der Waals surface area contributed by atoms with Gasteiger partial charge in [-0.15, -0.1) is 0 Å². The van der Waals surface area contributed by atoms with Gasteiger partial charge in [-0.3, -0.25) is 4.79 Å². The van der Waals surface area contributed by atoms with Crippen molar-refractivity contribution in [1.82, 2.24) is 0 Å². The minimum Gasteiger partial charge on any atom is -0.497 e. The number of rotatable bonds is 9. The van der Waals surface area contributed by atoms with Gasteiger partial charge in [0.15, 0.2) is 12.2 Å². The third-order valence-electron chi connectivity index (χ3n) is 3.81. The molecule has 0 saturated carbocycles. The molecule has 2 rings (SSSR count). The number of carbonyl (C=O) groups excluding carboxylic acids is 2. The third-order valence-corrected chi connectivity index (χ3v) is 3.81. The Hall–Kier alpha value is -3.22. The zero-order valence-electron chi connectivity index (χ0n) is 16.4. The van der Waals surface area contributed by atoms with Gasteiger partial charge in [0.25, 0.3) is 5.91 Å². The molecular weight excluding hydrogens is 362 g/mol. The molecule has 7 nitrogen and oxygen atoms in total. The van der Waals surface area contributed by atoms with Gasteiger partial charge in [-0.25, -0.2) is 4.79 Å². The second kappa shape index (κ2) is 10.2. The fraction of sp³-hybridized carbons (Fsp3) is 0.333. The van der Waals surface area contributed by atoms with E-state index in [0.29, 0.717) is 29.5 Å². The van der Waals surface area contributed by atoms with Crippen molar-refractivity contribution >= 4 is 17.6 Å². The van der Waals surface area contributed by atoms with Crippen molar-refractivity contribution in [3.05, 3.63) is 48.5 Å². The molecule has 0 bridgehead atoms. The van der Waals surface area contributed by atoms with E-state index < -0.39 is 24.1 Å². The lowest BCUT2D eigenvalue weighted by Gasteiger charge is -2.18. The molecule has 0 saturated heterocycles. The first-order chi connectivity index (χ1) is 13.4. The molecule has 0 heterocycles. The van der Waals surface area contributed by atoms with Crippen LogP contribution in [0.1, 0.15) is 20.8 Å². The summed E-state index contributed by atoms with van der Waals surface area (Å²) in [5.74, 6) is 0.620. The van der Waals surface area contributed by atoms with Crippen LogP contribution in [0.4, 0.5) is 5.69 Å². The van der Waals surface area contributed by atoms with Crippen LogP contribution < -0.4 is 19.5 Å². The molecular formula is C21H25NO6. The molecule has 0 fully saturated rings. The summed E-state index contributed by atoms with van der Waals surface area (Å²) in [6.07, 6.45) is -1.87. The van der Waals surface area contributed by atoms with E-state index in [9.17, 15) is 9.59 Å². The number of hydrogen-bond acceptors (Lipinski definition) is 6. The fourth-order valence-electron chi connectivity index (χ4n) is 2.32. The highest BCUT2D eigenvalue weighted by molar-refractivity contribution is 5.96. The van der Waals surface area contributed by atoms with Crippen LogP contribution >= 0.6 is 0 Å². The van der Waals surface area contributed by atoms with Crippen molar-refractivity contribution in [3.8, 4) is 17.2 Å². The number of anilines is 1. The van der Waals surface area contributed by atoms with Crippen molar-refractivity contribution in [2.45, 2.75) is 33.0 Å². The summed E-state index contributed by atoms with van der Waals surface area (Å²) in [6.45, 7) is 5.38. The van der Waals surface area contributed by atoms with Crippen LogP contribution in [0.15, 0.2) is 48.5 Å². The van der Waals surface area contributed by atoms with Crippen LogP contribution in [-0.2, 0) is 14.3 Å². The summed E-state index contributed by atoms with van der Waals surface area (Å²) in [5.41, 5.74) is 0.514. The summed E-state index contributed by atoms with van der Waals surface area (Å²) in [4.78, 5) is 24.6. The molecule has 0 aromatic heterocycles. The molecule has 0 spiro atoms. The molecule has 0 aliphatic heterocycles. The van der Waals surface area contributed by atoms with Gasteiger partial charge in [0.05, 0.1) is 19.4 Å². The smallest absolute Gasteiger partial charge is 0.347 e. The molecule has 150 valence electrons. The highest BCUT2D eigenvalue weighted by Gasteiger charge is 2.24. The van der Waals surface area contributed by atoms with Gasteiger partial charge in [-0.1, -0.05) is 12.1 Å².